The van der Waals surface area contributed by atoms with Gasteiger partial charge in [-0.15, -0.1) is 5.01 Å². The minimum atomic E-state index is -1.55. The van der Waals surface area contributed by atoms with Gasteiger partial charge in [-0.2, -0.15) is 0 Å². The molecule has 1 fully saturated rings. The molecule has 2 rings (SSSR count). The molecular formula is C11H8IN4O6+. The van der Waals surface area contributed by atoms with Gasteiger partial charge < -0.3 is 15.3 Å². The minimum Gasteiger partial charge on any atom is -0.507 e. The summed E-state index contributed by atoms with van der Waals surface area (Å²) in [6, 6.07) is 2.00. The minimum absolute atomic E-state index is 0.110. The monoisotopic (exact) mass is 419 g/mol. The summed E-state index contributed by atoms with van der Waals surface area (Å²) in [6.45, 7) is 0. The fraction of sp³-hybridized carbons (Fsp3) is 0.182. The van der Waals surface area contributed by atoms with Gasteiger partial charge in [-0.1, -0.05) is 0 Å². The van der Waals surface area contributed by atoms with Gasteiger partial charge in [0.2, 0.25) is 0 Å². The number of aliphatic hydroxyl groups excluding tert-OH is 1. The van der Waals surface area contributed by atoms with Crippen molar-refractivity contribution >= 4 is 46.1 Å². The number of hydrogen-bond donors (Lipinski definition) is 3. The van der Waals surface area contributed by atoms with Gasteiger partial charge in [0.15, 0.2) is 5.69 Å². The molecule has 2 amide bonds. The largest absolute Gasteiger partial charge is 0.507 e. The maximum absolute atomic E-state index is 11.7. The fourth-order valence-corrected chi connectivity index (χ4v) is 2.56. The van der Waals surface area contributed by atoms with E-state index >= 15 is 0 Å². The van der Waals surface area contributed by atoms with E-state index in [0.29, 0.717) is 10.1 Å². The Morgan fingerprint density at radius 3 is 2.55 bits per heavy atom. The van der Waals surface area contributed by atoms with Gasteiger partial charge in [-0.05, 0) is 28.7 Å². The van der Waals surface area contributed by atoms with Crippen LogP contribution in [0.2, 0.25) is 0 Å². The number of aromatic hydroxyl groups is 1. The maximum Gasteiger partial charge on any atom is 0.339 e. The number of phenols is 1. The number of benzene rings is 1. The molecule has 11 heteroatoms. The van der Waals surface area contributed by atoms with Crippen LogP contribution in [0.3, 0.4) is 0 Å². The van der Waals surface area contributed by atoms with Crippen molar-refractivity contribution in [2.45, 2.75) is 12.5 Å². The quantitative estimate of drug-likeness (QED) is 0.275. The van der Waals surface area contributed by atoms with Gasteiger partial charge >= 0.3 is 11.1 Å². The number of hydrogen-bond acceptors (Lipinski definition) is 7. The van der Waals surface area contributed by atoms with Crippen LogP contribution in [-0.2, 0) is 9.59 Å². The Bertz CT molecular complexity index is 730. The molecule has 1 heterocycles. The second-order valence-corrected chi connectivity index (χ2v) is 5.43. The van der Waals surface area contributed by atoms with Crippen LogP contribution in [0.4, 0.5) is 5.69 Å². The third kappa shape index (κ3) is 2.53. The Morgan fingerprint density at radius 2 is 2.09 bits per heavy atom. The molecule has 0 radical (unpaired) electrons. The van der Waals surface area contributed by atoms with Gasteiger partial charge in [0, 0.05) is 9.64 Å². The first-order chi connectivity index (χ1) is 10.3. The molecule has 114 valence electrons. The first-order valence-corrected chi connectivity index (χ1v) is 6.81. The zero-order chi connectivity index (χ0) is 16.6. The molecule has 22 heavy (non-hydrogen) atoms. The molecule has 0 saturated carbocycles. The average Bonchev–Trinajstić information content (AvgIpc) is 2.69. The molecular weight excluding hydrogens is 411 g/mol. The van der Waals surface area contributed by atoms with Crippen LogP contribution in [0, 0.1) is 8.96 Å². The van der Waals surface area contributed by atoms with Crippen molar-refractivity contribution in [3.8, 4) is 5.75 Å². The van der Waals surface area contributed by atoms with E-state index in [9.17, 15) is 24.6 Å². The summed E-state index contributed by atoms with van der Waals surface area (Å²) in [6.07, 6.45) is -2.03. The lowest BCUT2D eigenvalue weighted by Crippen LogP contribution is -2.44. The zero-order valence-corrected chi connectivity index (χ0v) is 12.8. The first-order valence-electron chi connectivity index (χ1n) is 5.73. The van der Waals surface area contributed by atoms with E-state index in [0.717, 1.165) is 12.1 Å². The van der Waals surface area contributed by atoms with E-state index in [1.807, 2.05) is 0 Å². The van der Waals surface area contributed by atoms with Gasteiger partial charge in [0.25, 0.3) is 17.2 Å². The van der Waals surface area contributed by atoms with Crippen LogP contribution < -0.4 is 5.12 Å². The molecule has 0 aromatic heterocycles. The predicted octanol–water partition coefficient (Wildman–Crippen LogP) is 0.304. The van der Waals surface area contributed by atoms with Crippen molar-refractivity contribution in [3.05, 3.63) is 26.4 Å². The highest BCUT2D eigenvalue weighted by molar-refractivity contribution is 14.1. The summed E-state index contributed by atoms with van der Waals surface area (Å²) in [5, 5.41) is 40.7. The van der Waals surface area contributed by atoms with E-state index in [4.69, 9.17) is 10.5 Å². The fourth-order valence-electron chi connectivity index (χ4n) is 1.87. The van der Waals surface area contributed by atoms with Crippen molar-refractivity contribution in [1.29, 1.82) is 5.39 Å². The number of imide groups is 1. The second kappa shape index (κ2) is 5.73. The Kier molecular flexibility index (Phi) is 4.15. The molecule has 10 nitrogen and oxygen atoms in total. The van der Waals surface area contributed by atoms with Gasteiger partial charge in [0.05, 0.1) is 6.42 Å². The number of aromatic carboxylic acids is 1. The lowest BCUT2D eigenvalue weighted by atomic mass is 10.2. The number of hydrazine groups is 1. The van der Waals surface area contributed by atoms with Crippen molar-refractivity contribution in [1.82, 2.24) is 5.01 Å². The molecule has 3 N–H and O–H groups in total. The number of carboxylic acids is 1. The van der Waals surface area contributed by atoms with Crippen molar-refractivity contribution in [2.75, 3.05) is 5.12 Å². The molecule has 1 saturated heterocycles. The standard InChI is InChI=1S/C11H7IN4O6/c12-5-1-4(11(21)22)7(17)2-6(5)16(14-13)15-9(19)3-8(18)10(15)20/h1-2,8,18H,3H2,(H-,17,21,22)/p+1. The Labute approximate surface area is 136 Å². The number of carbonyl (C=O) groups is 3. The second-order valence-electron chi connectivity index (χ2n) is 4.27. The topological polar surface area (TPSA) is 147 Å². The third-order valence-corrected chi connectivity index (χ3v) is 3.75. The molecule has 0 aliphatic carbocycles. The highest BCUT2D eigenvalue weighted by Gasteiger charge is 2.47. The number of amides is 2. The number of anilines is 1. The van der Waals surface area contributed by atoms with E-state index in [1.54, 1.807) is 22.6 Å². The zero-order valence-electron chi connectivity index (χ0n) is 10.7. The van der Waals surface area contributed by atoms with Crippen LogP contribution in [0.1, 0.15) is 16.8 Å². The summed E-state index contributed by atoms with van der Waals surface area (Å²) in [4.78, 5) is 34.4. The molecule has 0 bridgehead atoms. The van der Waals surface area contributed by atoms with Crippen LogP contribution in [-0.4, -0.2) is 44.2 Å². The van der Waals surface area contributed by atoms with E-state index < -0.39 is 41.6 Å². The molecule has 0 spiro atoms. The third-order valence-electron chi connectivity index (χ3n) is 2.88. The van der Waals surface area contributed by atoms with Gasteiger partial charge in [0.1, 0.15) is 22.5 Å². The Balaban J connectivity index is 2.52. The predicted molar refractivity (Wildman–Crippen MR) is 77.8 cm³/mol. The molecule has 1 aliphatic heterocycles. The summed E-state index contributed by atoms with van der Waals surface area (Å²) >= 11 is 1.68. The number of diazo groups is 1. The van der Waals surface area contributed by atoms with Crippen LogP contribution >= 0.6 is 22.6 Å². The van der Waals surface area contributed by atoms with Crippen LogP contribution in [0.5, 0.6) is 5.75 Å². The number of aliphatic hydroxyl groups is 1. The number of carbonyl (C=O) groups excluding carboxylic acids is 2. The molecule has 1 aromatic rings. The van der Waals surface area contributed by atoms with E-state index in [-0.39, 0.29) is 9.26 Å². The Hall–Kier alpha value is -2.46. The normalized spacial score (nSPS) is 17.5. The maximum atomic E-state index is 11.7. The summed E-state index contributed by atoms with van der Waals surface area (Å²) in [7, 11) is 0. The molecule has 1 unspecified atom stereocenters. The van der Waals surface area contributed by atoms with Crippen LogP contribution in [0.25, 0.3) is 5.08 Å². The summed E-state index contributed by atoms with van der Waals surface area (Å²) in [5.74, 6) is -3.83. The molecule has 1 aromatic carbocycles. The number of rotatable bonds is 3. The number of nitrogens with zero attached hydrogens (tertiary/aromatic N) is 4. The molecule has 1 aliphatic rings. The highest BCUT2D eigenvalue weighted by atomic mass is 127. The lowest BCUT2D eigenvalue weighted by Gasteiger charge is -2.15. The Morgan fingerprint density at radius 1 is 1.45 bits per heavy atom. The first kappa shape index (κ1) is 15.9. The van der Waals surface area contributed by atoms with Crippen LogP contribution in [0.15, 0.2) is 12.1 Å². The highest BCUT2D eigenvalue weighted by Crippen LogP contribution is 2.33. The average molecular weight is 419 g/mol. The van der Waals surface area contributed by atoms with E-state index in [2.05, 4.69) is 5.08 Å². The number of carboxylic acid groups (broad SMARTS) is 1. The lowest BCUT2D eigenvalue weighted by molar-refractivity contribution is -0.141. The smallest absolute Gasteiger partial charge is 0.339 e. The van der Waals surface area contributed by atoms with Gasteiger partial charge in [-0.25, -0.2) is 4.79 Å². The SMILES string of the molecule is N#[N+]N(c1cc(O)c(C(=O)O)cc1I)N1C(=O)CC(O)C1=O. The van der Waals surface area contributed by atoms with Crippen molar-refractivity contribution in [2.24, 2.45) is 0 Å². The number of halogens is 1. The molecule has 1 atom stereocenters. The van der Waals surface area contributed by atoms with Crippen molar-refractivity contribution < 1.29 is 29.7 Å². The van der Waals surface area contributed by atoms with E-state index in [1.165, 1.54) is 0 Å². The van der Waals surface area contributed by atoms with Gasteiger partial charge in [-0.3, -0.25) is 9.59 Å². The summed E-state index contributed by atoms with van der Waals surface area (Å²) in [5.41, 5.74) is -0.508. The van der Waals surface area contributed by atoms with Crippen molar-refractivity contribution in [3.63, 3.8) is 0 Å². The summed E-state index contributed by atoms with van der Waals surface area (Å²) < 4.78 is 0.188.